The van der Waals surface area contributed by atoms with Crippen molar-refractivity contribution in [3.63, 3.8) is 0 Å². The molecule has 0 aromatic carbocycles. The van der Waals surface area contributed by atoms with Crippen molar-refractivity contribution in [1.82, 2.24) is 0 Å². The minimum absolute atomic E-state index is 0.304. The molecule has 0 aliphatic carbocycles. The summed E-state index contributed by atoms with van der Waals surface area (Å²) in [7, 11) is 0. The van der Waals surface area contributed by atoms with Crippen LogP contribution in [-0.4, -0.2) is 11.6 Å². The molecule has 0 fully saturated rings. The Bertz CT molecular complexity index is 154. The van der Waals surface area contributed by atoms with Gasteiger partial charge in [-0.05, 0) is 19.3 Å². The molecular formula is C12H24O2. The van der Waals surface area contributed by atoms with E-state index in [9.17, 15) is 9.59 Å². The van der Waals surface area contributed by atoms with Crippen molar-refractivity contribution in [2.45, 2.75) is 60.3 Å². The van der Waals surface area contributed by atoms with Crippen LogP contribution >= 0.6 is 0 Å². The smallest absolute Gasteiger partial charge is 0.132 e. The average Bonchev–Trinajstić information content (AvgIpc) is 2.14. The fraction of sp³-hybridized carbons (Fsp3) is 0.833. The van der Waals surface area contributed by atoms with Gasteiger partial charge in [0.2, 0.25) is 0 Å². The molecule has 2 nitrogen and oxygen atoms in total. The van der Waals surface area contributed by atoms with Crippen molar-refractivity contribution in [3.05, 3.63) is 0 Å². The summed E-state index contributed by atoms with van der Waals surface area (Å²) in [6.07, 6.45) is 3.17. The van der Waals surface area contributed by atoms with E-state index in [0.29, 0.717) is 30.3 Å². The zero-order valence-electron chi connectivity index (χ0n) is 10.2. The molecule has 0 aliphatic heterocycles. The van der Waals surface area contributed by atoms with Crippen LogP contribution in [0.25, 0.3) is 0 Å². The topological polar surface area (TPSA) is 34.1 Å². The number of ketones is 2. The zero-order chi connectivity index (χ0) is 11.6. The summed E-state index contributed by atoms with van der Waals surface area (Å²) in [6.45, 7) is 9.66. The van der Waals surface area contributed by atoms with Crippen LogP contribution < -0.4 is 0 Å². The molecule has 0 aliphatic rings. The van der Waals surface area contributed by atoms with Crippen LogP contribution in [0.4, 0.5) is 0 Å². The van der Waals surface area contributed by atoms with E-state index in [-0.39, 0.29) is 0 Å². The summed E-state index contributed by atoms with van der Waals surface area (Å²) in [5, 5.41) is 0. The Kier molecular flexibility index (Phi) is 11.8. The lowest BCUT2D eigenvalue weighted by Crippen LogP contribution is -1.93. The van der Waals surface area contributed by atoms with Gasteiger partial charge in [-0.25, -0.2) is 0 Å². The van der Waals surface area contributed by atoms with E-state index in [1.807, 2.05) is 13.8 Å². The van der Waals surface area contributed by atoms with Gasteiger partial charge >= 0.3 is 0 Å². The van der Waals surface area contributed by atoms with Gasteiger partial charge in [0.25, 0.3) is 0 Å². The summed E-state index contributed by atoms with van der Waals surface area (Å²) in [5.41, 5.74) is 0. The average molecular weight is 200 g/mol. The Morgan fingerprint density at radius 1 is 1.07 bits per heavy atom. The maximum Gasteiger partial charge on any atom is 0.132 e. The standard InChI is InChI=1S/C7H14O.C5H10O/c1-6(2)4-5-7(3)8;1-3-5(6)4-2/h6H,4-5H2,1-3H3;3-4H2,1-2H3. The first-order valence-corrected chi connectivity index (χ1v) is 5.45. The quantitative estimate of drug-likeness (QED) is 0.681. The molecular weight excluding hydrogens is 176 g/mol. The van der Waals surface area contributed by atoms with Crippen LogP contribution in [0.1, 0.15) is 60.3 Å². The van der Waals surface area contributed by atoms with Crippen LogP contribution in [0.2, 0.25) is 0 Å². The number of rotatable bonds is 5. The van der Waals surface area contributed by atoms with Gasteiger partial charge in [0.15, 0.2) is 0 Å². The number of Topliss-reactive ketones (excluding diaryl/α,β-unsaturated/α-hetero) is 2. The Morgan fingerprint density at radius 3 is 1.57 bits per heavy atom. The lowest BCUT2D eigenvalue weighted by Gasteiger charge is -1.98. The number of hydrogen-bond acceptors (Lipinski definition) is 2. The van der Waals surface area contributed by atoms with Crippen molar-refractivity contribution in [1.29, 1.82) is 0 Å². The van der Waals surface area contributed by atoms with Gasteiger partial charge < -0.3 is 4.79 Å². The highest BCUT2D eigenvalue weighted by Crippen LogP contribution is 2.02. The minimum atomic E-state index is 0.304. The normalized spacial score (nSPS) is 9.29. The number of hydrogen-bond donors (Lipinski definition) is 0. The molecule has 0 heterocycles. The first kappa shape index (κ1) is 15.8. The van der Waals surface area contributed by atoms with E-state index in [2.05, 4.69) is 13.8 Å². The van der Waals surface area contributed by atoms with Crippen molar-refractivity contribution in [3.8, 4) is 0 Å². The fourth-order valence-corrected chi connectivity index (χ4v) is 0.742. The molecule has 0 N–H and O–H groups in total. The van der Waals surface area contributed by atoms with Crippen molar-refractivity contribution < 1.29 is 9.59 Å². The predicted octanol–water partition coefficient (Wildman–Crippen LogP) is 3.39. The molecule has 0 bridgehead atoms. The van der Waals surface area contributed by atoms with Gasteiger partial charge in [0.05, 0.1) is 0 Å². The maximum absolute atomic E-state index is 10.3. The minimum Gasteiger partial charge on any atom is -0.300 e. The van der Waals surface area contributed by atoms with Gasteiger partial charge in [-0.1, -0.05) is 27.7 Å². The summed E-state index contributed by atoms with van der Waals surface area (Å²) in [5.74, 6) is 1.31. The molecule has 84 valence electrons. The van der Waals surface area contributed by atoms with Crippen LogP contribution in [0.5, 0.6) is 0 Å². The molecule has 2 heteroatoms. The third-order valence-electron chi connectivity index (χ3n) is 1.86. The lowest BCUT2D eigenvalue weighted by molar-refractivity contribution is -0.118. The Balaban J connectivity index is 0. The maximum atomic E-state index is 10.3. The van der Waals surface area contributed by atoms with Gasteiger partial charge in [-0.3, -0.25) is 4.79 Å². The van der Waals surface area contributed by atoms with E-state index in [0.717, 1.165) is 12.8 Å². The predicted molar refractivity (Wildman–Crippen MR) is 60.3 cm³/mol. The summed E-state index contributed by atoms with van der Waals surface area (Å²) < 4.78 is 0. The van der Waals surface area contributed by atoms with Gasteiger partial charge in [-0.15, -0.1) is 0 Å². The van der Waals surface area contributed by atoms with E-state index < -0.39 is 0 Å². The van der Waals surface area contributed by atoms with E-state index >= 15 is 0 Å². The molecule has 0 saturated carbocycles. The molecule has 0 spiro atoms. The van der Waals surface area contributed by atoms with Crippen LogP contribution in [0.3, 0.4) is 0 Å². The monoisotopic (exact) mass is 200 g/mol. The lowest BCUT2D eigenvalue weighted by atomic mass is 10.1. The third-order valence-corrected chi connectivity index (χ3v) is 1.86. The number of carbonyl (C=O) groups excluding carboxylic acids is 2. The van der Waals surface area contributed by atoms with Crippen molar-refractivity contribution >= 4 is 11.6 Å². The molecule has 0 radical (unpaired) electrons. The summed E-state index contributed by atoms with van der Waals surface area (Å²) >= 11 is 0. The first-order valence-electron chi connectivity index (χ1n) is 5.45. The molecule has 0 amide bonds. The Labute approximate surface area is 88.1 Å². The second kappa shape index (κ2) is 10.4. The molecule has 0 aromatic heterocycles. The van der Waals surface area contributed by atoms with E-state index in [1.54, 1.807) is 6.92 Å². The summed E-state index contributed by atoms with van der Waals surface area (Å²) in [4.78, 5) is 20.5. The van der Waals surface area contributed by atoms with Crippen LogP contribution in [0, 0.1) is 5.92 Å². The largest absolute Gasteiger partial charge is 0.300 e. The first-order chi connectivity index (χ1) is 6.43. The third kappa shape index (κ3) is 17.4. The van der Waals surface area contributed by atoms with Crippen molar-refractivity contribution in [2.75, 3.05) is 0 Å². The molecule has 0 atom stereocenters. The second-order valence-electron chi connectivity index (χ2n) is 3.88. The number of carbonyl (C=O) groups is 2. The highest BCUT2D eigenvalue weighted by Gasteiger charge is 1.95. The van der Waals surface area contributed by atoms with Crippen molar-refractivity contribution in [2.24, 2.45) is 5.92 Å². The van der Waals surface area contributed by atoms with E-state index in [4.69, 9.17) is 0 Å². The second-order valence-corrected chi connectivity index (χ2v) is 3.88. The van der Waals surface area contributed by atoms with Gasteiger partial charge in [0.1, 0.15) is 11.6 Å². The molecule has 0 unspecified atom stereocenters. The fourth-order valence-electron chi connectivity index (χ4n) is 0.742. The van der Waals surface area contributed by atoms with Gasteiger partial charge in [-0.2, -0.15) is 0 Å². The summed E-state index contributed by atoms with van der Waals surface area (Å²) in [6, 6.07) is 0. The highest BCUT2D eigenvalue weighted by molar-refractivity contribution is 5.77. The highest BCUT2D eigenvalue weighted by atomic mass is 16.1. The SMILES string of the molecule is CC(=O)CCC(C)C.CCC(=O)CC. The van der Waals surface area contributed by atoms with Gasteiger partial charge in [0, 0.05) is 19.3 Å². The van der Waals surface area contributed by atoms with E-state index in [1.165, 1.54) is 0 Å². The Morgan fingerprint density at radius 2 is 1.50 bits per heavy atom. The molecule has 14 heavy (non-hydrogen) atoms. The van der Waals surface area contributed by atoms with Crippen LogP contribution in [-0.2, 0) is 9.59 Å². The molecule has 0 saturated heterocycles. The molecule has 0 aromatic rings. The van der Waals surface area contributed by atoms with Crippen LogP contribution in [0.15, 0.2) is 0 Å². The zero-order valence-corrected chi connectivity index (χ0v) is 10.2. The molecule has 0 rings (SSSR count). The Hall–Kier alpha value is -0.660.